The quantitative estimate of drug-likeness (QED) is 0.551. The maximum Gasteiger partial charge on any atom is 0.316 e. The second kappa shape index (κ2) is 5.90. The molecule has 1 unspecified atom stereocenters. The Balaban J connectivity index is 3.74. The molecule has 0 rings (SSSR count). The van der Waals surface area contributed by atoms with Crippen LogP contribution < -0.4 is 5.32 Å². The Hall–Kier alpha value is -0.660. The minimum atomic E-state index is -1.03. The molecule has 0 heterocycles. The lowest BCUT2D eigenvalue weighted by Gasteiger charge is -2.04. The molecule has 0 spiro atoms. The maximum atomic E-state index is 10.9. The third kappa shape index (κ3) is 6.50. The Kier molecular flexibility index (Phi) is 5.60. The van der Waals surface area contributed by atoms with Crippen molar-refractivity contribution in [3.63, 3.8) is 0 Å². The fourth-order valence-corrected chi connectivity index (χ4v) is 0.945. The fraction of sp³-hybridized carbons (Fsp3) is 0.571. The van der Waals surface area contributed by atoms with Crippen LogP contribution >= 0.6 is 22.6 Å². The summed E-state index contributed by atoms with van der Waals surface area (Å²) in [5, 5.41) is 10.8. The van der Waals surface area contributed by atoms with Crippen molar-refractivity contribution in [3.8, 4) is 0 Å². The Morgan fingerprint density at radius 3 is 2.38 bits per heavy atom. The maximum absolute atomic E-state index is 10.9. The smallest absolute Gasteiger partial charge is 0.316 e. The first kappa shape index (κ1) is 12.3. The zero-order chi connectivity index (χ0) is 10.4. The van der Waals surface area contributed by atoms with Gasteiger partial charge in [0.15, 0.2) is 0 Å². The molecule has 2 N–H and O–H groups in total. The van der Waals surface area contributed by atoms with Crippen LogP contribution in [0.1, 0.15) is 13.3 Å². The van der Waals surface area contributed by atoms with E-state index in [1.54, 1.807) is 22.6 Å². The van der Waals surface area contributed by atoms with Gasteiger partial charge in [-0.2, -0.15) is 0 Å². The van der Waals surface area contributed by atoms with Gasteiger partial charge in [-0.15, -0.1) is 0 Å². The molecule has 0 bridgehead atoms. The van der Waals surface area contributed by atoms with Gasteiger partial charge in [-0.1, -0.05) is 22.6 Å². The van der Waals surface area contributed by atoms with Gasteiger partial charge in [0.25, 0.3) is 0 Å². The van der Waals surface area contributed by atoms with E-state index in [0.717, 1.165) is 0 Å². The first-order valence-corrected chi connectivity index (χ1v) is 4.81. The van der Waals surface area contributed by atoms with Gasteiger partial charge in [-0.3, -0.25) is 14.4 Å². The van der Waals surface area contributed by atoms with Crippen molar-refractivity contribution in [2.24, 2.45) is 0 Å². The molecule has 13 heavy (non-hydrogen) atoms. The Bertz CT molecular complexity index is 229. The van der Waals surface area contributed by atoms with Crippen LogP contribution in [0.2, 0.25) is 0 Å². The summed E-state index contributed by atoms with van der Waals surface area (Å²) < 4.78 is -0.746. The molecule has 0 aliphatic rings. The second-order valence-corrected chi connectivity index (χ2v) is 3.99. The number of carbonyl (C=O) groups is 3. The minimum absolute atomic E-state index is 0.0399. The lowest BCUT2D eigenvalue weighted by atomic mass is 10.3. The number of ketones is 1. The van der Waals surface area contributed by atoms with Crippen LogP contribution in [0, 0.1) is 0 Å². The average molecular weight is 299 g/mol. The van der Waals surface area contributed by atoms with E-state index in [-0.39, 0.29) is 18.7 Å². The standard InChI is InChI=1S/C7H10INO4/c1-4(10)3-9-6(11)2-5(8)7(12)13/h5H,2-3H2,1H3,(H,9,11)(H,12,13). The number of carbonyl (C=O) groups excluding carboxylic acids is 2. The SMILES string of the molecule is CC(=O)CNC(=O)CC(I)C(=O)O. The molecule has 6 heteroatoms. The number of carboxylic acids is 1. The topological polar surface area (TPSA) is 83.5 Å². The Morgan fingerprint density at radius 2 is 2.00 bits per heavy atom. The van der Waals surface area contributed by atoms with Crippen molar-refractivity contribution in [1.29, 1.82) is 0 Å². The molecule has 0 radical (unpaired) electrons. The molecule has 0 aliphatic carbocycles. The number of carboxylic acid groups (broad SMARTS) is 1. The summed E-state index contributed by atoms with van der Waals surface area (Å²) in [7, 11) is 0. The van der Waals surface area contributed by atoms with Crippen LogP contribution in [0.3, 0.4) is 0 Å². The highest BCUT2D eigenvalue weighted by atomic mass is 127. The van der Waals surface area contributed by atoms with E-state index >= 15 is 0 Å². The fourth-order valence-electron chi connectivity index (χ4n) is 0.545. The van der Waals surface area contributed by atoms with E-state index in [9.17, 15) is 14.4 Å². The zero-order valence-corrected chi connectivity index (χ0v) is 9.20. The van der Waals surface area contributed by atoms with Crippen LogP contribution in [0.15, 0.2) is 0 Å². The summed E-state index contributed by atoms with van der Waals surface area (Å²) in [6.45, 7) is 1.31. The molecular formula is C7H10INO4. The summed E-state index contributed by atoms with van der Waals surface area (Å²) in [5.74, 6) is -1.61. The molecule has 0 aliphatic heterocycles. The first-order valence-electron chi connectivity index (χ1n) is 3.56. The van der Waals surface area contributed by atoms with Gasteiger partial charge in [0.2, 0.25) is 5.91 Å². The summed E-state index contributed by atoms with van der Waals surface area (Å²) in [6, 6.07) is 0. The highest BCUT2D eigenvalue weighted by molar-refractivity contribution is 14.1. The number of alkyl halides is 1. The van der Waals surface area contributed by atoms with Gasteiger partial charge in [-0.05, 0) is 6.92 Å². The number of halogens is 1. The van der Waals surface area contributed by atoms with Gasteiger partial charge in [0.05, 0.1) is 6.54 Å². The predicted molar refractivity (Wildman–Crippen MR) is 53.8 cm³/mol. The van der Waals surface area contributed by atoms with Crippen LogP contribution in [0.25, 0.3) is 0 Å². The monoisotopic (exact) mass is 299 g/mol. The summed E-state index contributed by atoms with van der Waals surface area (Å²) in [4.78, 5) is 31.7. The summed E-state index contributed by atoms with van der Waals surface area (Å²) in [5.41, 5.74) is 0. The average Bonchev–Trinajstić information content (AvgIpc) is 2.00. The predicted octanol–water partition coefficient (Wildman–Crippen LogP) is -0.0301. The van der Waals surface area contributed by atoms with E-state index in [2.05, 4.69) is 5.32 Å². The first-order chi connectivity index (χ1) is 5.93. The van der Waals surface area contributed by atoms with E-state index in [4.69, 9.17) is 5.11 Å². The van der Waals surface area contributed by atoms with Crippen LogP contribution in [-0.2, 0) is 14.4 Å². The van der Waals surface area contributed by atoms with E-state index in [1.807, 2.05) is 0 Å². The summed E-state index contributed by atoms with van der Waals surface area (Å²) >= 11 is 1.66. The van der Waals surface area contributed by atoms with Crippen LogP contribution in [0.5, 0.6) is 0 Å². The number of hydrogen-bond donors (Lipinski definition) is 2. The summed E-state index contributed by atoms with van der Waals surface area (Å²) in [6.07, 6.45) is -0.108. The number of Topliss-reactive ketones (excluding diaryl/α,β-unsaturated/α-hetero) is 1. The lowest BCUT2D eigenvalue weighted by Crippen LogP contribution is -2.31. The normalized spacial score (nSPS) is 11.8. The van der Waals surface area contributed by atoms with Crippen LogP contribution in [-0.4, -0.2) is 33.2 Å². The molecule has 5 nitrogen and oxygen atoms in total. The van der Waals surface area contributed by atoms with Gasteiger partial charge >= 0.3 is 5.97 Å². The molecule has 74 valence electrons. The van der Waals surface area contributed by atoms with E-state index in [0.29, 0.717) is 0 Å². The Morgan fingerprint density at radius 1 is 1.46 bits per heavy atom. The number of rotatable bonds is 5. The second-order valence-electron chi connectivity index (χ2n) is 2.49. The highest BCUT2D eigenvalue weighted by Gasteiger charge is 2.17. The van der Waals surface area contributed by atoms with Crippen molar-refractivity contribution in [2.75, 3.05) is 6.54 Å². The molecule has 1 atom stereocenters. The zero-order valence-electron chi connectivity index (χ0n) is 7.04. The molecule has 0 aromatic heterocycles. The number of amides is 1. The van der Waals surface area contributed by atoms with Gasteiger partial charge in [-0.25, -0.2) is 0 Å². The highest BCUT2D eigenvalue weighted by Crippen LogP contribution is 2.05. The third-order valence-corrected chi connectivity index (χ3v) is 2.14. The molecular weight excluding hydrogens is 289 g/mol. The number of nitrogens with one attached hydrogen (secondary N) is 1. The van der Waals surface area contributed by atoms with Crippen LogP contribution in [0.4, 0.5) is 0 Å². The van der Waals surface area contributed by atoms with Gasteiger partial charge in [0, 0.05) is 6.42 Å². The number of hydrogen-bond acceptors (Lipinski definition) is 3. The molecule has 0 aromatic carbocycles. The third-order valence-electron chi connectivity index (χ3n) is 1.17. The van der Waals surface area contributed by atoms with Crippen molar-refractivity contribution in [1.82, 2.24) is 5.32 Å². The molecule has 0 fully saturated rings. The lowest BCUT2D eigenvalue weighted by molar-refractivity contribution is -0.137. The molecule has 0 saturated carbocycles. The van der Waals surface area contributed by atoms with E-state index in [1.165, 1.54) is 6.92 Å². The van der Waals surface area contributed by atoms with Crippen molar-refractivity contribution >= 4 is 40.3 Å². The molecule has 1 amide bonds. The number of aliphatic carboxylic acids is 1. The van der Waals surface area contributed by atoms with E-state index < -0.39 is 15.8 Å². The molecule has 0 saturated heterocycles. The van der Waals surface area contributed by atoms with Gasteiger partial charge < -0.3 is 10.4 Å². The largest absolute Gasteiger partial charge is 0.480 e. The van der Waals surface area contributed by atoms with Gasteiger partial charge in [0.1, 0.15) is 9.71 Å². The minimum Gasteiger partial charge on any atom is -0.480 e. The molecule has 0 aromatic rings. The van der Waals surface area contributed by atoms with Crippen molar-refractivity contribution in [2.45, 2.75) is 17.3 Å². The van der Waals surface area contributed by atoms with Crippen molar-refractivity contribution < 1.29 is 19.5 Å². The Labute approximate surface area is 89.0 Å². The van der Waals surface area contributed by atoms with Crippen molar-refractivity contribution in [3.05, 3.63) is 0 Å².